The summed E-state index contributed by atoms with van der Waals surface area (Å²) in [7, 11) is 1.74. The third-order valence-corrected chi connectivity index (χ3v) is 6.00. The van der Waals surface area contributed by atoms with E-state index in [2.05, 4.69) is 27.2 Å². The first-order valence-corrected chi connectivity index (χ1v) is 9.43. The van der Waals surface area contributed by atoms with E-state index in [1.165, 1.54) is 24.8 Å². The molecule has 4 rings (SSSR count). The number of aryl methyl sites for hydroxylation is 1. The first-order valence-electron chi connectivity index (χ1n) is 9.43. The molecule has 1 unspecified atom stereocenters. The number of methoxy groups -OCH3 is 1. The molecule has 1 aliphatic carbocycles. The third-order valence-electron chi connectivity index (χ3n) is 6.00. The molecule has 2 aromatic rings. The van der Waals surface area contributed by atoms with Crippen LogP contribution in [0.1, 0.15) is 43.0 Å². The van der Waals surface area contributed by atoms with Gasteiger partial charge in [-0.15, -0.1) is 0 Å². The maximum atomic E-state index is 6.13. The Morgan fingerprint density at radius 3 is 2.69 bits per heavy atom. The molecule has 2 aliphatic rings. The van der Waals surface area contributed by atoms with Crippen LogP contribution in [0.2, 0.25) is 0 Å². The monoisotopic (exact) mass is 357 g/mol. The number of hydrogen-bond acceptors (Lipinski definition) is 6. The first kappa shape index (κ1) is 17.5. The van der Waals surface area contributed by atoms with Crippen molar-refractivity contribution in [1.29, 1.82) is 0 Å². The maximum Gasteiger partial charge on any atom is 0.252 e. The number of piperidine rings is 1. The fourth-order valence-corrected chi connectivity index (χ4v) is 4.30. The van der Waals surface area contributed by atoms with Crippen molar-refractivity contribution in [2.75, 3.05) is 20.2 Å². The number of benzene rings is 1. The van der Waals surface area contributed by atoms with Crippen molar-refractivity contribution >= 4 is 0 Å². The topological polar surface area (TPSA) is 60.6 Å². The van der Waals surface area contributed by atoms with Crippen LogP contribution >= 0.6 is 0 Å². The molecule has 6 heteroatoms. The van der Waals surface area contributed by atoms with Gasteiger partial charge in [-0.25, -0.2) is 0 Å². The number of likely N-dealkylation sites (tertiary alicyclic amines) is 1. The summed E-state index contributed by atoms with van der Waals surface area (Å²) in [6.07, 6.45) is 5.11. The van der Waals surface area contributed by atoms with E-state index < -0.39 is 0 Å². The lowest BCUT2D eigenvalue weighted by Crippen LogP contribution is -2.53. The highest BCUT2D eigenvalue weighted by Crippen LogP contribution is 2.51. The Balaban J connectivity index is 1.30. The average Bonchev–Trinajstić information content (AvgIpc) is 3.07. The Kier molecular flexibility index (Phi) is 4.96. The Labute approximate surface area is 154 Å². The SMILES string of the molecule is COc1ccccc1CN1CCC2(CCC2OCc2nc(C)no2)CC1. The van der Waals surface area contributed by atoms with Gasteiger partial charge < -0.3 is 14.0 Å². The number of ether oxygens (including phenoxy) is 2. The smallest absolute Gasteiger partial charge is 0.252 e. The highest BCUT2D eigenvalue weighted by molar-refractivity contribution is 5.33. The van der Waals surface area contributed by atoms with E-state index in [0.29, 0.717) is 29.8 Å². The van der Waals surface area contributed by atoms with Gasteiger partial charge >= 0.3 is 0 Å². The summed E-state index contributed by atoms with van der Waals surface area (Å²) in [4.78, 5) is 6.75. The molecule has 0 radical (unpaired) electrons. The van der Waals surface area contributed by atoms with Crippen LogP contribution < -0.4 is 4.74 Å². The van der Waals surface area contributed by atoms with Crippen LogP contribution in [-0.4, -0.2) is 41.3 Å². The lowest BCUT2D eigenvalue weighted by molar-refractivity contribution is -0.147. The van der Waals surface area contributed by atoms with Crippen molar-refractivity contribution in [3.05, 3.63) is 41.5 Å². The van der Waals surface area contributed by atoms with E-state index in [4.69, 9.17) is 14.0 Å². The molecule has 26 heavy (non-hydrogen) atoms. The Bertz CT molecular complexity index is 737. The minimum absolute atomic E-state index is 0.322. The predicted octanol–water partition coefficient (Wildman–Crippen LogP) is 3.35. The number of rotatable bonds is 6. The average molecular weight is 357 g/mol. The summed E-state index contributed by atoms with van der Waals surface area (Å²) in [5, 5.41) is 3.82. The molecule has 1 atom stereocenters. The van der Waals surface area contributed by atoms with Gasteiger partial charge in [0.15, 0.2) is 5.82 Å². The van der Waals surface area contributed by atoms with Gasteiger partial charge in [-0.1, -0.05) is 23.4 Å². The second-order valence-electron chi connectivity index (χ2n) is 7.52. The fourth-order valence-electron chi connectivity index (χ4n) is 4.30. The van der Waals surface area contributed by atoms with Gasteiger partial charge in [0.05, 0.1) is 13.2 Å². The van der Waals surface area contributed by atoms with Crippen LogP contribution in [0.25, 0.3) is 0 Å². The number of hydrogen-bond donors (Lipinski definition) is 0. The Morgan fingerprint density at radius 2 is 2.04 bits per heavy atom. The van der Waals surface area contributed by atoms with E-state index >= 15 is 0 Å². The molecule has 1 aromatic carbocycles. The zero-order valence-electron chi connectivity index (χ0n) is 15.6. The molecule has 0 N–H and O–H groups in total. The van der Waals surface area contributed by atoms with Crippen molar-refractivity contribution in [3.8, 4) is 5.75 Å². The molecule has 1 spiro atoms. The van der Waals surface area contributed by atoms with E-state index in [1.54, 1.807) is 7.11 Å². The minimum atomic E-state index is 0.322. The van der Waals surface area contributed by atoms with Crippen LogP contribution in [0, 0.1) is 12.3 Å². The lowest BCUT2D eigenvalue weighted by Gasteiger charge is -2.53. The van der Waals surface area contributed by atoms with Crippen molar-refractivity contribution in [2.24, 2.45) is 5.41 Å². The molecular weight excluding hydrogens is 330 g/mol. The highest BCUT2D eigenvalue weighted by Gasteiger charge is 2.49. The van der Waals surface area contributed by atoms with E-state index in [-0.39, 0.29) is 0 Å². The normalized spacial score (nSPS) is 22.3. The summed E-state index contributed by atoms with van der Waals surface area (Å²) < 4.78 is 16.8. The third kappa shape index (κ3) is 3.48. The molecule has 1 aromatic heterocycles. The molecule has 1 aliphatic heterocycles. The van der Waals surface area contributed by atoms with Gasteiger partial charge in [-0.3, -0.25) is 4.90 Å². The van der Waals surface area contributed by atoms with Crippen LogP contribution in [0.3, 0.4) is 0 Å². The van der Waals surface area contributed by atoms with E-state index in [9.17, 15) is 0 Å². The van der Waals surface area contributed by atoms with Crippen molar-refractivity contribution in [3.63, 3.8) is 0 Å². The second-order valence-corrected chi connectivity index (χ2v) is 7.52. The van der Waals surface area contributed by atoms with Crippen LogP contribution in [0.15, 0.2) is 28.8 Å². The van der Waals surface area contributed by atoms with E-state index in [1.807, 2.05) is 19.1 Å². The van der Waals surface area contributed by atoms with Crippen molar-refractivity contribution in [1.82, 2.24) is 15.0 Å². The molecule has 1 saturated heterocycles. The quantitative estimate of drug-likeness (QED) is 0.790. The molecule has 1 saturated carbocycles. The van der Waals surface area contributed by atoms with E-state index in [0.717, 1.165) is 31.8 Å². The summed E-state index contributed by atoms with van der Waals surface area (Å²) in [5.41, 5.74) is 1.60. The molecule has 2 fully saturated rings. The molecular formula is C20H27N3O3. The number of nitrogens with zero attached hydrogens (tertiary/aromatic N) is 3. The van der Waals surface area contributed by atoms with Gasteiger partial charge in [0.2, 0.25) is 0 Å². The predicted molar refractivity (Wildman–Crippen MR) is 96.8 cm³/mol. The zero-order valence-corrected chi connectivity index (χ0v) is 15.6. The van der Waals surface area contributed by atoms with Crippen molar-refractivity contribution < 1.29 is 14.0 Å². The molecule has 140 valence electrons. The second kappa shape index (κ2) is 7.37. The molecule has 0 bridgehead atoms. The summed E-state index contributed by atoms with van der Waals surface area (Å²) >= 11 is 0. The van der Waals surface area contributed by atoms with Crippen molar-refractivity contribution in [2.45, 2.75) is 51.9 Å². The van der Waals surface area contributed by atoms with Gasteiger partial charge in [-0.2, -0.15) is 4.98 Å². The largest absolute Gasteiger partial charge is 0.496 e. The summed E-state index contributed by atoms with van der Waals surface area (Å²) in [5.74, 6) is 2.22. The fraction of sp³-hybridized carbons (Fsp3) is 0.600. The summed E-state index contributed by atoms with van der Waals surface area (Å²) in [6, 6.07) is 8.30. The molecule has 0 amide bonds. The number of para-hydroxylation sites is 1. The number of aromatic nitrogens is 2. The van der Waals surface area contributed by atoms with Crippen LogP contribution in [-0.2, 0) is 17.9 Å². The standard InChI is InChI=1S/C20H27N3O3/c1-15-21-19(26-22-15)14-25-18-7-8-20(18)9-11-23(12-10-20)13-16-5-3-4-6-17(16)24-2/h3-6,18H,7-14H2,1-2H3. The van der Waals surface area contributed by atoms with Crippen LogP contribution in [0.4, 0.5) is 0 Å². The Hall–Kier alpha value is -1.92. The Morgan fingerprint density at radius 1 is 1.23 bits per heavy atom. The lowest BCUT2D eigenvalue weighted by atomic mass is 9.60. The highest BCUT2D eigenvalue weighted by atomic mass is 16.5. The van der Waals surface area contributed by atoms with Gasteiger partial charge in [0.1, 0.15) is 12.4 Å². The molecule has 2 heterocycles. The van der Waals surface area contributed by atoms with Gasteiger partial charge in [-0.05, 0) is 57.2 Å². The zero-order chi connectivity index (χ0) is 18.0. The van der Waals surface area contributed by atoms with Gasteiger partial charge in [0, 0.05) is 12.1 Å². The maximum absolute atomic E-state index is 6.13. The van der Waals surface area contributed by atoms with Gasteiger partial charge in [0.25, 0.3) is 5.89 Å². The van der Waals surface area contributed by atoms with Crippen LogP contribution in [0.5, 0.6) is 5.75 Å². The summed E-state index contributed by atoms with van der Waals surface area (Å²) in [6.45, 7) is 5.43. The molecule has 6 nitrogen and oxygen atoms in total. The minimum Gasteiger partial charge on any atom is -0.496 e. The first-order chi connectivity index (χ1) is 12.7.